The molecule has 0 atom stereocenters. The van der Waals surface area contributed by atoms with Crippen molar-refractivity contribution < 1.29 is 9.53 Å². The van der Waals surface area contributed by atoms with E-state index in [0.29, 0.717) is 18.1 Å². The van der Waals surface area contributed by atoms with Crippen molar-refractivity contribution in [2.75, 3.05) is 30.6 Å². The van der Waals surface area contributed by atoms with Crippen molar-refractivity contribution in [1.82, 2.24) is 9.88 Å². The number of rotatable bonds is 7. The number of nitrogen functional groups attached to an aromatic ring is 1. The number of anilines is 2. The molecule has 0 aliphatic rings. The number of nitrogens with zero attached hydrogens (tertiary/aromatic N) is 1. The van der Waals surface area contributed by atoms with Crippen LogP contribution in [-0.2, 0) is 6.54 Å². The largest absolute Gasteiger partial charge is 0.497 e. The predicted molar refractivity (Wildman–Crippen MR) is 116 cm³/mol. The highest BCUT2D eigenvalue weighted by atomic mass is 35.5. The van der Waals surface area contributed by atoms with Crippen LogP contribution < -0.4 is 21.1 Å². The summed E-state index contributed by atoms with van der Waals surface area (Å²) in [6.07, 6.45) is 0.736. The molecule has 1 heterocycles. The molecule has 3 rings (SSSR count). The Balaban J connectivity index is 1.88. The van der Waals surface area contributed by atoms with Crippen molar-refractivity contribution in [2.24, 2.45) is 0 Å². The number of hydrogen-bond acceptors (Lipinski definition) is 3. The SMILES string of the molecule is CCn1c(-c2ccc(NC(=O)NCCCCl)cc2)c(N)c2ccc(OC)cc21. The van der Waals surface area contributed by atoms with Gasteiger partial charge in [-0.15, -0.1) is 11.6 Å². The summed E-state index contributed by atoms with van der Waals surface area (Å²) in [5.74, 6) is 1.32. The van der Waals surface area contributed by atoms with Crippen LogP contribution in [0.3, 0.4) is 0 Å². The zero-order valence-corrected chi connectivity index (χ0v) is 16.8. The number of hydrogen-bond donors (Lipinski definition) is 3. The Kier molecular flexibility index (Phi) is 6.31. The molecular formula is C21H25ClN4O2. The van der Waals surface area contributed by atoms with E-state index in [9.17, 15) is 4.79 Å². The second-order valence-corrected chi connectivity index (χ2v) is 6.77. The van der Waals surface area contributed by atoms with Crippen LogP contribution in [0.5, 0.6) is 5.75 Å². The number of carbonyl (C=O) groups is 1. The summed E-state index contributed by atoms with van der Waals surface area (Å²) >= 11 is 5.61. The van der Waals surface area contributed by atoms with Gasteiger partial charge >= 0.3 is 6.03 Å². The van der Waals surface area contributed by atoms with Gasteiger partial charge in [-0.1, -0.05) is 12.1 Å². The number of nitrogens with one attached hydrogen (secondary N) is 2. The summed E-state index contributed by atoms with van der Waals surface area (Å²) < 4.78 is 7.53. The maximum absolute atomic E-state index is 11.9. The first-order chi connectivity index (χ1) is 13.6. The molecule has 2 amide bonds. The molecule has 1 aromatic heterocycles. The summed E-state index contributed by atoms with van der Waals surface area (Å²) in [5.41, 5.74) is 10.9. The van der Waals surface area contributed by atoms with Gasteiger partial charge in [-0.2, -0.15) is 0 Å². The quantitative estimate of drug-likeness (QED) is 0.398. The van der Waals surface area contributed by atoms with Crippen molar-refractivity contribution in [3.63, 3.8) is 0 Å². The van der Waals surface area contributed by atoms with Crippen LogP contribution in [0.25, 0.3) is 22.2 Å². The lowest BCUT2D eigenvalue weighted by molar-refractivity contribution is 0.252. The monoisotopic (exact) mass is 400 g/mol. The van der Waals surface area contributed by atoms with Gasteiger partial charge in [-0.05, 0) is 37.6 Å². The lowest BCUT2D eigenvalue weighted by atomic mass is 10.1. The molecule has 0 fully saturated rings. The lowest BCUT2D eigenvalue weighted by Crippen LogP contribution is -2.29. The van der Waals surface area contributed by atoms with Crippen molar-refractivity contribution in [3.8, 4) is 17.0 Å². The molecule has 7 heteroatoms. The molecule has 0 spiro atoms. The number of amides is 2. The van der Waals surface area contributed by atoms with Gasteiger partial charge in [0.1, 0.15) is 5.75 Å². The van der Waals surface area contributed by atoms with Gasteiger partial charge in [0.15, 0.2) is 0 Å². The van der Waals surface area contributed by atoms with Crippen molar-refractivity contribution in [1.29, 1.82) is 0 Å². The third-order valence-electron chi connectivity index (χ3n) is 4.64. The zero-order valence-electron chi connectivity index (χ0n) is 16.1. The first kappa shape index (κ1) is 19.9. The molecular weight excluding hydrogens is 376 g/mol. The molecule has 0 aliphatic heterocycles. The number of benzene rings is 2. The molecule has 3 aromatic rings. The van der Waals surface area contributed by atoms with E-state index in [0.717, 1.165) is 46.6 Å². The van der Waals surface area contributed by atoms with Crippen LogP contribution >= 0.6 is 11.6 Å². The number of aromatic nitrogens is 1. The first-order valence-electron chi connectivity index (χ1n) is 9.26. The minimum Gasteiger partial charge on any atom is -0.497 e. The number of urea groups is 1. The van der Waals surface area contributed by atoms with E-state index in [1.807, 2.05) is 42.5 Å². The Morgan fingerprint density at radius 1 is 1.21 bits per heavy atom. The number of methoxy groups -OCH3 is 1. The fourth-order valence-electron chi connectivity index (χ4n) is 3.28. The smallest absolute Gasteiger partial charge is 0.319 e. The standard InChI is InChI=1S/C21H25ClN4O2/c1-3-26-18-13-16(28-2)9-10-17(18)19(23)20(26)14-5-7-15(8-6-14)25-21(27)24-12-4-11-22/h5-10,13H,3-4,11-12,23H2,1-2H3,(H2,24,25,27). The van der Waals surface area contributed by atoms with Crippen LogP contribution in [0.15, 0.2) is 42.5 Å². The van der Waals surface area contributed by atoms with E-state index in [4.69, 9.17) is 22.1 Å². The van der Waals surface area contributed by atoms with Gasteiger partial charge in [-0.25, -0.2) is 4.79 Å². The molecule has 28 heavy (non-hydrogen) atoms. The van der Waals surface area contributed by atoms with E-state index in [2.05, 4.69) is 22.1 Å². The fourth-order valence-corrected chi connectivity index (χ4v) is 3.41. The number of aryl methyl sites for hydroxylation is 1. The highest BCUT2D eigenvalue weighted by molar-refractivity contribution is 6.17. The number of fused-ring (bicyclic) bond motifs is 1. The third kappa shape index (κ3) is 4.02. The summed E-state index contributed by atoms with van der Waals surface area (Å²) in [6.45, 7) is 3.41. The van der Waals surface area contributed by atoms with Gasteiger partial charge in [0, 0.05) is 41.7 Å². The number of nitrogens with two attached hydrogens (primary N) is 1. The van der Waals surface area contributed by atoms with Crippen molar-refractivity contribution in [3.05, 3.63) is 42.5 Å². The fraction of sp³-hybridized carbons (Fsp3) is 0.286. The van der Waals surface area contributed by atoms with E-state index < -0.39 is 0 Å². The van der Waals surface area contributed by atoms with Crippen LogP contribution in [-0.4, -0.2) is 30.1 Å². The zero-order chi connectivity index (χ0) is 20.1. The molecule has 0 bridgehead atoms. The van der Waals surface area contributed by atoms with Crippen LogP contribution in [0, 0.1) is 0 Å². The average Bonchev–Trinajstić information content (AvgIpc) is 3.00. The lowest BCUT2D eigenvalue weighted by Gasteiger charge is -2.11. The first-order valence-corrected chi connectivity index (χ1v) is 9.79. The van der Waals surface area contributed by atoms with E-state index in [-0.39, 0.29) is 6.03 Å². The average molecular weight is 401 g/mol. The van der Waals surface area contributed by atoms with Gasteiger partial charge in [0.2, 0.25) is 0 Å². The van der Waals surface area contributed by atoms with Crippen molar-refractivity contribution in [2.45, 2.75) is 19.9 Å². The Morgan fingerprint density at radius 3 is 2.61 bits per heavy atom. The number of halogens is 1. The van der Waals surface area contributed by atoms with E-state index in [1.165, 1.54) is 0 Å². The van der Waals surface area contributed by atoms with Crippen LogP contribution in [0.1, 0.15) is 13.3 Å². The second-order valence-electron chi connectivity index (χ2n) is 6.39. The minimum atomic E-state index is -0.243. The summed E-state index contributed by atoms with van der Waals surface area (Å²) in [6, 6.07) is 13.3. The van der Waals surface area contributed by atoms with Gasteiger partial charge < -0.3 is 25.7 Å². The van der Waals surface area contributed by atoms with E-state index >= 15 is 0 Å². The van der Waals surface area contributed by atoms with Gasteiger partial charge in [0.25, 0.3) is 0 Å². The molecule has 4 N–H and O–H groups in total. The number of ether oxygens (including phenoxy) is 1. The Hall–Kier alpha value is -2.86. The summed E-state index contributed by atoms with van der Waals surface area (Å²) in [4.78, 5) is 11.9. The predicted octanol–water partition coefficient (Wildman–Crippen LogP) is 4.67. The number of carbonyl (C=O) groups excluding carboxylic acids is 1. The number of alkyl halides is 1. The summed E-state index contributed by atoms with van der Waals surface area (Å²) in [5, 5.41) is 6.58. The molecule has 0 radical (unpaired) electrons. The van der Waals surface area contributed by atoms with Gasteiger partial charge in [0.05, 0.1) is 24.0 Å². The molecule has 0 aliphatic carbocycles. The van der Waals surface area contributed by atoms with E-state index in [1.54, 1.807) is 7.11 Å². The highest BCUT2D eigenvalue weighted by Crippen LogP contribution is 2.37. The molecule has 0 saturated heterocycles. The highest BCUT2D eigenvalue weighted by Gasteiger charge is 2.16. The van der Waals surface area contributed by atoms with Crippen LogP contribution in [0.4, 0.5) is 16.2 Å². The summed E-state index contributed by atoms with van der Waals surface area (Å²) in [7, 11) is 1.65. The second kappa shape index (κ2) is 8.89. The molecule has 6 nitrogen and oxygen atoms in total. The van der Waals surface area contributed by atoms with Crippen LogP contribution in [0.2, 0.25) is 0 Å². The molecule has 0 unspecified atom stereocenters. The Morgan fingerprint density at radius 2 is 1.96 bits per heavy atom. The topological polar surface area (TPSA) is 81.3 Å². The third-order valence-corrected chi connectivity index (χ3v) is 4.91. The van der Waals surface area contributed by atoms with Gasteiger partial charge in [-0.3, -0.25) is 0 Å². The molecule has 2 aromatic carbocycles. The molecule has 148 valence electrons. The minimum absolute atomic E-state index is 0.243. The molecule has 0 saturated carbocycles. The normalized spacial score (nSPS) is 10.8. The maximum atomic E-state index is 11.9. The maximum Gasteiger partial charge on any atom is 0.319 e. The Labute approximate surface area is 169 Å². The van der Waals surface area contributed by atoms with Crippen molar-refractivity contribution >= 4 is 39.9 Å². The Bertz CT molecular complexity index is 967.